The quantitative estimate of drug-likeness (QED) is 0.830. The number of fused-ring (bicyclic) bond motifs is 3. The Morgan fingerprint density at radius 2 is 1.87 bits per heavy atom. The van der Waals surface area contributed by atoms with Gasteiger partial charge in [-0.05, 0) is 59.8 Å². The van der Waals surface area contributed by atoms with Gasteiger partial charge in [0.1, 0.15) is 11.5 Å². The number of aliphatic hydroxyl groups excluding tert-OH is 1. The van der Waals surface area contributed by atoms with Gasteiger partial charge in [0, 0.05) is 6.42 Å². The lowest BCUT2D eigenvalue weighted by atomic mass is 9.49. The summed E-state index contributed by atoms with van der Waals surface area (Å²) < 4.78 is 0. The Morgan fingerprint density at radius 3 is 2.48 bits per heavy atom. The molecule has 1 aromatic rings. The van der Waals surface area contributed by atoms with Crippen LogP contribution in [0.2, 0.25) is 0 Å². The van der Waals surface area contributed by atoms with Crippen LogP contribution in [0.4, 0.5) is 0 Å². The first-order chi connectivity index (χ1) is 10.6. The third-order valence-corrected chi connectivity index (χ3v) is 6.55. The lowest BCUT2D eigenvalue weighted by molar-refractivity contribution is -0.145. The molecule has 2 aliphatic rings. The fraction of sp³-hybridized carbons (Fsp3) is 0.650. The number of hydrogen-bond donors (Lipinski definition) is 2. The number of hydrogen-bond acceptors (Lipinski definition) is 3. The zero-order valence-corrected chi connectivity index (χ0v) is 14.8. The zero-order valence-electron chi connectivity index (χ0n) is 14.8. The third-order valence-electron chi connectivity index (χ3n) is 6.55. The molecular formula is C20H28O3. The molecule has 1 fully saturated rings. The topological polar surface area (TPSA) is 57.5 Å². The Morgan fingerprint density at radius 1 is 1.22 bits per heavy atom. The predicted molar refractivity (Wildman–Crippen MR) is 90.8 cm³/mol. The van der Waals surface area contributed by atoms with E-state index in [0.29, 0.717) is 0 Å². The number of aryl methyl sites for hydroxylation is 1. The number of benzene rings is 1. The Kier molecular flexibility index (Phi) is 3.64. The van der Waals surface area contributed by atoms with Gasteiger partial charge in [-0.15, -0.1) is 0 Å². The van der Waals surface area contributed by atoms with Crippen molar-refractivity contribution in [3.05, 3.63) is 28.8 Å². The van der Waals surface area contributed by atoms with Crippen LogP contribution in [0.15, 0.2) is 12.1 Å². The van der Waals surface area contributed by atoms with Crippen molar-refractivity contribution in [2.24, 2.45) is 11.3 Å². The summed E-state index contributed by atoms with van der Waals surface area (Å²) >= 11 is 0. The van der Waals surface area contributed by atoms with Gasteiger partial charge in [0.15, 0.2) is 0 Å². The minimum atomic E-state index is -0.608. The molecule has 3 unspecified atom stereocenters. The Bertz CT molecular complexity index is 659. The van der Waals surface area contributed by atoms with Crippen molar-refractivity contribution in [3.8, 4) is 5.75 Å². The van der Waals surface area contributed by atoms with E-state index < -0.39 is 11.5 Å². The molecule has 0 radical (unpaired) electrons. The van der Waals surface area contributed by atoms with Gasteiger partial charge in [-0.2, -0.15) is 0 Å². The molecule has 0 bridgehead atoms. The number of carbonyl (C=O) groups is 1. The summed E-state index contributed by atoms with van der Waals surface area (Å²) in [5.41, 5.74) is 2.20. The minimum Gasteiger partial charge on any atom is -0.508 e. The molecule has 1 saturated carbocycles. The van der Waals surface area contributed by atoms with Gasteiger partial charge in [-0.3, -0.25) is 4.79 Å². The molecule has 3 heteroatoms. The van der Waals surface area contributed by atoms with E-state index in [-0.39, 0.29) is 35.2 Å². The van der Waals surface area contributed by atoms with Gasteiger partial charge in [0.05, 0.1) is 11.5 Å². The van der Waals surface area contributed by atoms with Crippen LogP contribution in [0.1, 0.15) is 70.1 Å². The first-order valence-electron chi connectivity index (χ1n) is 8.67. The maximum absolute atomic E-state index is 12.9. The summed E-state index contributed by atoms with van der Waals surface area (Å²) in [5.74, 6) is 0.749. The van der Waals surface area contributed by atoms with E-state index in [1.807, 2.05) is 13.0 Å². The van der Waals surface area contributed by atoms with Crippen LogP contribution in [0.3, 0.4) is 0 Å². The molecular weight excluding hydrogens is 288 g/mol. The van der Waals surface area contributed by atoms with E-state index >= 15 is 0 Å². The number of ketones is 1. The fourth-order valence-corrected chi connectivity index (χ4v) is 4.92. The molecule has 3 rings (SSSR count). The molecule has 0 amide bonds. The van der Waals surface area contributed by atoms with Crippen LogP contribution >= 0.6 is 0 Å². The summed E-state index contributed by atoms with van der Waals surface area (Å²) in [4.78, 5) is 12.9. The van der Waals surface area contributed by atoms with Crippen molar-refractivity contribution < 1.29 is 15.0 Å². The Labute approximate surface area is 138 Å². The second kappa shape index (κ2) is 5.07. The number of Topliss-reactive ketones (excluding diaryl/α,β-unsaturated/α-hetero) is 1. The van der Waals surface area contributed by atoms with Gasteiger partial charge in [0.2, 0.25) is 0 Å². The average Bonchev–Trinajstić information content (AvgIpc) is 2.45. The van der Waals surface area contributed by atoms with Crippen molar-refractivity contribution in [2.75, 3.05) is 0 Å². The summed E-state index contributed by atoms with van der Waals surface area (Å²) in [6, 6.07) is 3.91. The van der Waals surface area contributed by atoms with Gasteiger partial charge < -0.3 is 10.2 Å². The molecule has 126 valence electrons. The maximum Gasteiger partial charge on any atom is 0.146 e. The zero-order chi connectivity index (χ0) is 17.2. The standard InChI is InChI=1S/C20H28O3/c1-11(2)13-8-12-6-7-16-19(3,4)17(22)10-18(23)20(16,5)14(12)9-15(13)21/h8-9,11,16-17,21-22H,6-7,10H2,1-5H3. The number of rotatable bonds is 1. The Hall–Kier alpha value is -1.35. The average molecular weight is 316 g/mol. The summed E-state index contributed by atoms with van der Waals surface area (Å²) in [6.45, 7) is 10.3. The van der Waals surface area contributed by atoms with Gasteiger partial charge in [-0.1, -0.05) is 33.8 Å². The summed E-state index contributed by atoms with van der Waals surface area (Å²) in [5, 5.41) is 20.9. The minimum absolute atomic E-state index is 0.100. The molecule has 1 aromatic carbocycles. The lowest BCUT2D eigenvalue weighted by Gasteiger charge is -2.55. The highest BCUT2D eigenvalue weighted by atomic mass is 16.3. The molecule has 0 aliphatic heterocycles. The molecule has 0 saturated heterocycles. The number of aromatic hydroxyl groups is 1. The van der Waals surface area contributed by atoms with Crippen molar-refractivity contribution >= 4 is 5.78 Å². The van der Waals surface area contributed by atoms with E-state index in [0.717, 1.165) is 24.0 Å². The SMILES string of the molecule is CC(C)c1cc2c(cc1O)C1(C)C(=O)CC(O)C(C)(C)C1CC2. The largest absolute Gasteiger partial charge is 0.508 e. The smallest absolute Gasteiger partial charge is 0.146 e. The second-order valence-corrected chi connectivity index (χ2v) is 8.48. The van der Waals surface area contributed by atoms with Crippen molar-refractivity contribution in [1.82, 2.24) is 0 Å². The molecule has 23 heavy (non-hydrogen) atoms. The predicted octanol–water partition coefficient (Wildman–Crippen LogP) is 3.70. The van der Waals surface area contributed by atoms with Crippen molar-refractivity contribution in [2.45, 2.75) is 71.3 Å². The van der Waals surface area contributed by atoms with Gasteiger partial charge in [0.25, 0.3) is 0 Å². The number of carbonyl (C=O) groups excluding carboxylic acids is 1. The first kappa shape index (κ1) is 16.5. The van der Waals surface area contributed by atoms with Crippen molar-refractivity contribution in [3.63, 3.8) is 0 Å². The third kappa shape index (κ3) is 2.16. The molecule has 3 atom stereocenters. The molecule has 2 N–H and O–H groups in total. The van der Waals surface area contributed by atoms with E-state index in [1.54, 1.807) is 0 Å². The van der Waals surface area contributed by atoms with E-state index in [4.69, 9.17) is 0 Å². The normalized spacial score (nSPS) is 32.6. The highest BCUT2D eigenvalue weighted by Crippen LogP contribution is 2.56. The first-order valence-corrected chi connectivity index (χ1v) is 8.67. The van der Waals surface area contributed by atoms with Crippen LogP contribution in [0.5, 0.6) is 5.75 Å². The number of phenols is 1. The molecule has 0 aromatic heterocycles. The molecule has 3 nitrogen and oxygen atoms in total. The number of aliphatic hydroxyl groups is 1. The Balaban J connectivity index is 2.19. The fourth-order valence-electron chi connectivity index (χ4n) is 4.92. The highest BCUT2D eigenvalue weighted by Gasteiger charge is 2.58. The van der Waals surface area contributed by atoms with E-state index in [2.05, 4.69) is 33.8 Å². The van der Waals surface area contributed by atoms with E-state index in [9.17, 15) is 15.0 Å². The molecule has 2 aliphatic carbocycles. The highest BCUT2D eigenvalue weighted by molar-refractivity contribution is 5.92. The molecule has 0 spiro atoms. The summed E-state index contributed by atoms with van der Waals surface area (Å²) in [6.07, 6.45) is 1.42. The van der Waals surface area contributed by atoms with Crippen LogP contribution in [0.25, 0.3) is 0 Å². The van der Waals surface area contributed by atoms with Crippen molar-refractivity contribution in [1.29, 1.82) is 0 Å². The lowest BCUT2D eigenvalue weighted by Crippen LogP contribution is -2.58. The van der Waals surface area contributed by atoms with E-state index in [1.165, 1.54) is 5.56 Å². The van der Waals surface area contributed by atoms with Crippen LogP contribution < -0.4 is 0 Å². The number of phenolic OH excluding ortho intramolecular Hbond substituents is 1. The van der Waals surface area contributed by atoms with Crippen LogP contribution in [0, 0.1) is 11.3 Å². The van der Waals surface area contributed by atoms with Gasteiger partial charge >= 0.3 is 0 Å². The summed E-state index contributed by atoms with van der Waals surface area (Å²) in [7, 11) is 0. The maximum atomic E-state index is 12.9. The van der Waals surface area contributed by atoms with Gasteiger partial charge in [-0.25, -0.2) is 0 Å². The second-order valence-electron chi connectivity index (χ2n) is 8.48. The monoisotopic (exact) mass is 316 g/mol. The van der Waals surface area contributed by atoms with Crippen LogP contribution in [-0.4, -0.2) is 22.1 Å². The molecule has 0 heterocycles. The van der Waals surface area contributed by atoms with Crippen LogP contribution in [-0.2, 0) is 16.6 Å².